The summed E-state index contributed by atoms with van der Waals surface area (Å²) < 4.78 is 3.57. The van der Waals surface area contributed by atoms with Crippen molar-refractivity contribution in [1.82, 2.24) is 19.3 Å². The van der Waals surface area contributed by atoms with E-state index in [4.69, 9.17) is 0 Å². The van der Waals surface area contributed by atoms with E-state index in [0.717, 1.165) is 24.8 Å². The predicted octanol–water partition coefficient (Wildman–Crippen LogP) is 3.55. The van der Waals surface area contributed by atoms with Gasteiger partial charge in [0.2, 0.25) is 0 Å². The van der Waals surface area contributed by atoms with Crippen molar-refractivity contribution >= 4 is 27.9 Å². The molecule has 0 fully saturated rings. The van der Waals surface area contributed by atoms with Gasteiger partial charge in [0.25, 0.3) is 5.24 Å². The van der Waals surface area contributed by atoms with Crippen molar-refractivity contribution in [3.05, 3.63) is 47.7 Å². The number of fused-ring (bicyclic) bond motifs is 3. The van der Waals surface area contributed by atoms with Gasteiger partial charge in [-0.25, -0.2) is 4.98 Å². The maximum atomic E-state index is 12.8. The van der Waals surface area contributed by atoms with Crippen molar-refractivity contribution in [3.8, 4) is 0 Å². The highest BCUT2D eigenvalue weighted by molar-refractivity contribution is 8.12. The third kappa shape index (κ3) is 2.57. The molecule has 0 spiro atoms. The van der Waals surface area contributed by atoms with Crippen LogP contribution >= 0.6 is 11.8 Å². The summed E-state index contributed by atoms with van der Waals surface area (Å²) in [6.07, 6.45) is 6.08. The topological polar surface area (TPSA) is 52.7 Å². The molecule has 5 nitrogen and oxygen atoms in total. The molecule has 0 bridgehead atoms. The fourth-order valence-electron chi connectivity index (χ4n) is 3.34. The van der Waals surface area contributed by atoms with Gasteiger partial charge in [-0.15, -0.1) is 0 Å². The molecule has 1 aromatic carbocycles. The number of hydrogen-bond acceptors (Lipinski definition) is 4. The van der Waals surface area contributed by atoms with Gasteiger partial charge in [0.15, 0.2) is 5.82 Å². The highest BCUT2D eigenvalue weighted by atomic mass is 32.2. The largest absolute Gasteiger partial charge is 0.290 e. The number of carbonyl (C=O) groups excluding carboxylic acids is 1. The molecule has 23 heavy (non-hydrogen) atoms. The molecule has 0 atom stereocenters. The normalized spacial score (nSPS) is 14.1. The molecule has 0 amide bonds. The van der Waals surface area contributed by atoms with E-state index in [2.05, 4.69) is 22.2 Å². The quantitative estimate of drug-likeness (QED) is 0.723. The Morgan fingerprint density at radius 3 is 2.91 bits per heavy atom. The number of aromatic nitrogens is 4. The Kier molecular flexibility index (Phi) is 3.69. The lowest BCUT2D eigenvalue weighted by molar-refractivity contribution is 0.262. The number of rotatable bonds is 2. The van der Waals surface area contributed by atoms with Gasteiger partial charge in [-0.05, 0) is 37.3 Å². The minimum atomic E-state index is 0.0665. The highest BCUT2D eigenvalue weighted by Crippen LogP contribution is 2.33. The third-order valence-corrected chi connectivity index (χ3v) is 5.17. The van der Waals surface area contributed by atoms with E-state index in [1.54, 1.807) is 11.0 Å². The van der Waals surface area contributed by atoms with Crippen LogP contribution in [0.2, 0.25) is 0 Å². The van der Waals surface area contributed by atoms with Gasteiger partial charge in [-0.1, -0.05) is 30.0 Å². The molecule has 3 aromatic rings. The number of para-hydroxylation sites is 1. The molecule has 0 saturated heterocycles. The van der Waals surface area contributed by atoms with Gasteiger partial charge in [-0.2, -0.15) is 5.10 Å². The van der Waals surface area contributed by atoms with Crippen LogP contribution in [0.5, 0.6) is 0 Å². The molecule has 0 N–H and O–H groups in total. The molecule has 2 heterocycles. The monoisotopic (exact) mass is 326 g/mol. The molecule has 1 aliphatic rings. The molecule has 0 unspecified atom stereocenters. The van der Waals surface area contributed by atoms with E-state index in [1.165, 1.54) is 34.8 Å². The first kappa shape index (κ1) is 14.5. The fraction of sp³-hybridized carbons (Fsp3) is 0.353. The fourth-order valence-corrected chi connectivity index (χ4v) is 4.07. The second-order valence-electron chi connectivity index (χ2n) is 5.87. The molecule has 1 aliphatic carbocycles. The summed E-state index contributed by atoms with van der Waals surface area (Å²) in [5.74, 6) is 1.19. The van der Waals surface area contributed by atoms with Gasteiger partial charge >= 0.3 is 0 Å². The molecule has 118 valence electrons. The van der Waals surface area contributed by atoms with Crippen LogP contribution in [0.15, 0.2) is 30.6 Å². The van der Waals surface area contributed by atoms with Crippen LogP contribution in [0.25, 0.3) is 10.9 Å². The van der Waals surface area contributed by atoms with E-state index < -0.39 is 0 Å². The molecule has 2 aromatic heterocycles. The summed E-state index contributed by atoms with van der Waals surface area (Å²) in [6.45, 7) is 0. The zero-order valence-corrected chi connectivity index (χ0v) is 13.8. The summed E-state index contributed by atoms with van der Waals surface area (Å²) in [4.78, 5) is 17.0. The number of thioether (sulfide) groups is 1. The van der Waals surface area contributed by atoms with Gasteiger partial charge in [0, 0.05) is 18.1 Å². The maximum absolute atomic E-state index is 12.8. The zero-order valence-electron chi connectivity index (χ0n) is 13.0. The Balaban J connectivity index is 1.68. The first-order valence-corrected chi connectivity index (χ1v) is 8.85. The summed E-state index contributed by atoms with van der Waals surface area (Å²) in [6, 6.07) is 8.24. The van der Waals surface area contributed by atoms with Crippen LogP contribution in [0.3, 0.4) is 0 Å². The number of benzene rings is 1. The van der Waals surface area contributed by atoms with Crippen molar-refractivity contribution < 1.29 is 4.79 Å². The molecule has 4 rings (SSSR count). The average molecular weight is 326 g/mol. The molecule has 0 radical (unpaired) electrons. The lowest BCUT2D eigenvalue weighted by Gasteiger charge is -2.14. The zero-order chi connectivity index (χ0) is 15.8. The van der Waals surface area contributed by atoms with E-state index in [1.807, 2.05) is 23.7 Å². The Labute approximate surface area is 138 Å². The summed E-state index contributed by atoms with van der Waals surface area (Å²) in [5, 5.41) is 5.53. The highest BCUT2D eigenvalue weighted by Gasteiger charge is 2.23. The van der Waals surface area contributed by atoms with Crippen molar-refractivity contribution in [2.45, 2.75) is 31.4 Å². The predicted molar refractivity (Wildman–Crippen MR) is 91.7 cm³/mol. The molecule has 6 heteroatoms. The lowest BCUT2D eigenvalue weighted by Crippen LogP contribution is -2.13. The third-order valence-electron chi connectivity index (χ3n) is 4.33. The Morgan fingerprint density at radius 1 is 1.26 bits per heavy atom. The summed E-state index contributed by atoms with van der Waals surface area (Å²) in [7, 11) is 1.83. The van der Waals surface area contributed by atoms with E-state index in [0.29, 0.717) is 11.6 Å². The summed E-state index contributed by atoms with van der Waals surface area (Å²) >= 11 is 1.27. The minimum absolute atomic E-state index is 0.0665. The lowest BCUT2D eigenvalue weighted by atomic mass is 9.96. The smallest absolute Gasteiger partial charge is 0.275 e. The van der Waals surface area contributed by atoms with Crippen LogP contribution in [-0.2, 0) is 25.6 Å². The van der Waals surface area contributed by atoms with Crippen LogP contribution in [0.1, 0.15) is 29.9 Å². The first-order chi connectivity index (χ1) is 11.2. The standard InChI is InChI=1S/C17H18N4OS/c1-20-11-18-16(19-20)10-23-17(22)21-14-8-4-2-6-12(14)13-7-3-5-9-15(13)21/h2,4,6,8,11H,3,5,7,9-10H2,1H3. The van der Waals surface area contributed by atoms with E-state index >= 15 is 0 Å². The van der Waals surface area contributed by atoms with Crippen molar-refractivity contribution in [2.75, 3.05) is 0 Å². The number of nitrogens with zero attached hydrogens (tertiary/aromatic N) is 4. The van der Waals surface area contributed by atoms with Gasteiger partial charge in [0.1, 0.15) is 6.33 Å². The average Bonchev–Trinajstić information content (AvgIpc) is 3.14. The molecular weight excluding hydrogens is 308 g/mol. The SMILES string of the molecule is Cn1cnc(CSC(=O)n2c3c(c4ccccc42)CCCC3)n1. The number of carbonyl (C=O) groups is 1. The first-order valence-electron chi connectivity index (χ1n) is 7.87. The van der Waals surface area contributed by atoms with Crippen LogP contribution in [0, 0.1) is 0 Å². The van der Waals surface area contributed by atoms with Crippen LogP contribution in [0.4, 0.5) is 4.79 Å². The Morgan fingerprint density at radius 2 is 2.09 bits per heavy atom. The molecule has 0 aliphatic heterocycles. The maximum Gasteiger partial charge on any atom is 0.290 e. The van der Waals surface area contributed by atoms with Crippen LogP contribution in [-0.4, -0.2) is 24.6 Å². The minimum Gasteiger partial charge on any atom is -0.275 e. The van der Waals surface area contributed by atoms with Gasteiger partial charge < -0.3 is 0 Å². The second kappa shape index (κ2) is 5.85. The van der Waals surface area contributed by atoms with Gasteiger partial charge in [0.05, 0.1) is 11.3 Å². The molecular formula is C17H18N4OS. The van der Waals surface area contributed by atoms with Crippen molar-refractivity contribution in [2.24, 2.45) is 7.05 Å². The summed E-state index contributed by atoms with van der Waals surface area (Å²) in [5.41, 5.74) is 3.59. The number of hydrogen-bond donors (Lipinski definition) is 0. The molecule has 0 saturated carbocycles. The second-order valence-corrected chi connectivity index (χ2v) is 6.80. The van der Waals surface area contributed by atoms with Crippen LogP contribution < -0.4 is 0 Å². The van der Waals surface area contributed by atoms with E-state index in [9.17, 15) is 4.79 Å². The Bertz CT molecular complexity index is 880. The van der Waals surface area contributed by atoms with E-state index in [-0.39, 0.29) is 5.24 Å². The van der Waals surface area contributed by atoms with Gasteiger partial charge in [-0.3, -0.25) is 14.0 Å². The van der Waals surface area contributed by atoms with Crippen molar-refractivity contribution in [1.29, 1.82) is 0 Å². The Hall–Kier alpha value is -2.08. The van der Waals surface area contributed by atoms with Crippen molar-refractivity contribution in [3.63, 3.8) is 0 Å². The number of aryl methyl sites for hydroxylation is 2.